The highest BCUT2D eigenvalue weighted by atomic mass is 32.2. The summed E-state index contributed by atoms with van der Waals surface area (Å²) in [5.74, 6) is 0.695. The zero-order valence-electron chi connectivity index (χ0n) is 19.3. The average Bonchev–Trinajstić information content (AvgIpc) is 3.63. The van der Waals surface area contributed by atoms with Crippen molar-refractivity contribution >= 4 is 21.7 Å². The third-order valence-electron chi connectivity index (χ3n) is 5.24. The second-order valence-corrected chi connectivity index (χ2v) is 10.2. The van der Waals surface area contributed by atoms with Crippen LogP contribution in [0.1, 0.15) is 37.0 Å². The topological polar surface area (TPSA) is 114 Å². The van der Waals surface area contributed by atoms with Gasteiger partial charge in [0, 0.05) is 37.6 Å². The Bertz CT molecular complexity index is 1260. The summed E-state index contributed by atoms with van der Waals surface area (Å²) in [5, 5.41) is -0.226. The molecule has 1 aliphatic rings. The van der Waals surface area contributed by atoms with E-state index in [0.29, 0.717) is 23.3 Å². The lowest BCUT2D eigenvalue weighted by Crippen LogP contribution is -2.33. The van der Waals surface area contributed by atoms with E-state index in [1.54, 1.807) is 36.5 Å². The van der Waals surface area contributed by atoms with Crippen LogP contribution in [-0.2, 0) is 10.0 Å². The van der Waals surface area contributed by atoms with Gasteiger partial charge in [0.2, 0.25) is 5.88 Å². The van der Waals surface area contributed by atoms with Gasteiger partial charge in [-0.15, -0.1) is 0 Å². The maximum Gasteiger partial charge on any atom is 0.281 e. The number of sulfonamides is 1. The molecule has 1 amide bonds. The van der Waals surface area contributed by atoms with Gasteiger partial charge in [0.1, 0.15) is 5.82 Å². The normalized spacial score (nSPS) is 13.5. The molecule has 4 rings (SSSR count). The number of hydrogen-bond acceptors (Lipinski definition) is 8. The van der Waals surface area contributed by atoms with E-state index in [4.69, 9.17) is 9.72 Å². The third kappa shape index (κ3) is 5.69. The minimum Gasteiger partial charge on any atom is -0.475 e. The smallest absolute Gasteiger partial charge is 0.281 e. The molecule has 3 aromatic heterocycles. The van der Waals surface area contributed by atoms with Crippen molar-refractivity contribution in [3.05, 3.63) is 60.4 Å². The molecule has 178 valence electrons. The number of amides is 1. The van der Waals surface area contributed by atoms with E-state index >= 15 is 0 Å². The molecule has 0 aromatic carbocycles. The Morgan fingerprint density at radius 2 is 1.94 bits per heavy atom. The summed E-state index contributed by atoms with van der Waals surface area (Å²) in [5.41, 5.74) is 1.54. The number of carbonyl (C=O) groups is 1. The first-order valence-corrected chi connectivity index (χ1v) is 12.5. The van der Waals surface area contributed by atoms with E-state index in [9.17, 15) is 13.2 Å². The lowest BCUT2D eigenvalue weighted by atomic mass is 10.1. The lowest BCUT2D eigenvalue weighted by molar-refractivity contribution is 0.0981. The molecule has 3 aromatic rings. The van der Waals surface area contributed by atoms with Crippen molar-refractivity contribution in [1.82, 2.24) is 19.7 Å². The number of aromatic nitrogens is 3. The number of carbonyl (C=O) groups excluding carboxylic acids is 1. The number of ether oxygens (including phenoxy) is 1. The van der Waals surface area contributed by atoms with E-state index in [1.807, 2.05) is 31.9 Å². The zero-order valence-corrected chi connectivity index (χ0v) is 20.1. The van der Waals surface area contributed by atoms with Crippen LogP contribution in [0.4, 0.5) is 5.82 Å². The summed E-state index contributed by atoms with van der Waals surface area (Å²) in [6, 6.07) is 11.4. The second kappa shape index (κ2) is 9.76. The fourth-order valence-electron chi connectivity index (χ4n) is 3.43. The molecular weight excluding hydrogens is 454 g/mol. The van der Waals surface area contributed by atoms with Gasteiger partial charge < -0.3 is 9.64 Å². The van der Waals surface area contributed by atoms with E-state index < -0.39 is 15.9 Å². The number of pyridine rings is 3. The molecule has 3 heterocycles. The molecule has 9 nitrogen and oxygen atoms in total. The summed E-state index contributed by atoms with van der Waals surface area (Å²) in [7, 11) is -2.27. The van der Waals surface area contributed by atoms with Crippen LogP contribution >= 0.6 is 0 Å². The molecule has 0 bridgehead atoms. The summed E-state index contributed by atoms with van der Waals surface area (Å²) >= 11 is 0. The molecule has 0 radical (unpaired) electrons. The minimum absolute atomic E-state index is 0.0133. The van der Waals surface area contributed by atoms with Gasteiger partial charge in [0.25, 0.3) is 15.9 Å². The predicted octanol–water partition coefficient (Wildman–Crippen LogP) is 3.29. The molecule has 0 aliphatic heterocycles. The molecule has 34 heavy (non-hydrogen) atoms. The lowest BCUT2D eigenvalue weighted by Gasteiger charge is -2.21. The van der Waals surface area contributed by atoms with Crippen LogP contribution in [0.15, 0.2) is 59.9 Å². The highest BCUT2D eigenvalue weighted by Gasteiger charge is 2.27. The Morgan fingerprint density at radius 1 is 1.15 bits per heavy atom. The van der Waals surface area contributed by atoms with Crippen molar-refractivity contribution in [1.29, 1.82) is 0 Å². The first kappa shape index (κ1) is 23.6. The highest BCUT2D eigenvalue weighted by molar-refractivity contribution is 7.90. The maximum atomic E-state index is 13.0. The van der Waals surface area contributed by atoms with Crippen LogP contribution in [0.25, 0.3) is 11.3 Å². The van der Waals surface area contributed by atoms with Gasteiger partial charge in [0.15, 0.2) is 5.03 Å². The quantitative estimate of drug-likeness (QED) is 0.495. The number of anilines is 1. The van der Waals surface area contributed by atoms with E-state index in [0.717, 1.165) is 24.9 Å². The molecule has 1 saturated carbocycles. The average molecular weight is 482 g/mol. The molecule has 0 atom stereocenters. The summed E-state index contributed by atoms with van der Waals surface area (Å²) in [4.78, 5) is 27.8. The van der Waals surface area contributed by atoms with Crippen molar-refractivity contribution < 1.29 is 17.9 Å². The fourth-order valence-corrected chi connectivity index (χ4v) is 4.35. The largest absolute Gasteiger partial charge is 0.475 e. The Hall–Kier alpha value is -3.53. The molecular formula is C24H27N5O4S. The second-order valence-electron chi connectivity index (χ2n) is 8.55. The van der Waals surface area contributed by atoms with Crippen LogP contribution in [-0.4, -0.2) is 49.0 Å². The van der Waals surface area contributed by atoms with E-state index in [-0.39, 0.29) is 16.7 Å². The maximum absolute atomic E-state index is 13.0. The van der Waals surface area contributed by atoms with E-state index in [2.05, 4.69) is 14.7 Å². The van der Waals surface area contributed by atoms with Crippen molar-refractivity contribution in [2.24, 2.45) is 5.92 Å². The van der Waals surface area contributed by atoms with Crippen molar-refractivity contribution in [2.75, 3.05) is 18.5 Å². The van der Waals surface area contributed by atoms with Gasteiger partial charge in [-0.1, -0.05) is 6.07 Å². The predicted molar refractivity (Wildman–Crippen MR) is 128 cm³/mol. The first-order valence-electron chi connectivity index (χ1n) is 11.1. The standard InChI is InChI=1S/C24H27N5O4S/c1-16(2)33-21-12-9-18(14-26-21)20-11-10-19(23(27-20)29(3)15-17-7-8-17)24(30)28-34(31,32)22-6-4-5-13-25-22/h4-6,9-14,16-17H,7-8,15H2,1-3H3,(H,28,30). The monoisotopic (exact) mass is 481 g/mol. The third-order valence-corrected chi connectivity index (χ3v) is 6.49. The fraction of sp³-hybridized carbons (Fsp3) is 0.333. The zero-order chi connectivity index (χ0) is 24.3. The summed E-state index contributed by atoms with van der Waals surface area (Å²) in [6.07, 6.45) is 5.28. The molecule has 1 N–H and O–H groups in total. The van der Waals surface area contributed by atoms with Gasteiger partial charge in [-0.05, 0) is 62.9 Å². The van der Waals surface area contributed by atoms with Crippen LogP contribution in [0.2, 0.25) is 0 Å². The molecule has 0 saturated heterocycles. The SMILES string of the molecule is CC(C)Oc1ccc(-c2ccc(C(=O)NS(=O)(=O)c3ccccn3)c(N(C)CC3CC3)n2)cn1. The van der Waals surface area contributed by atoms with Crippen LogP contribution in [0.5, 0.6) is 5.88 Å². The van der Waals surface area contributed by atoms with Gasteiger partial charge >= 0.3 is 0 Å². The van der Waals surface area contributed by atoms with Crippen molar-refractivity contribution in [2.45, 2.75) is 37.8 Å². The number of hydrogen-bond donors (Lipinski definition) is 1. The van der Waals surface area contributed by atoms with Crippen molar-refractivity contribution in [3.63, 3.8) is 0 Å². The van der Waals surface area contributed by atoms with Crippen LogP contribution in [0.3, 0.4) is 0 Å². The van der Waals surface area contributed by atoms with Crippen LogP contribution < -0.4 is 14.4 Å². The Morgan fingerprint density at radius 3 is 2.56 bits per heavy atom. The summed E-state index contributed by atoms with van der Waals surface area (Å²) < 4.78 is 33.0. The minimum atomic E-state index is -4.12. The van der Waals surface area contributed by atoms with Crippen molar-refractivity contribution in [3.8, 4) is 17.1 Å². The first-order chi connectivity index (χ1) is 16.2. The molecule has 1 aliphatic carbocycles. The van der Waals surface area contributed by atoms with Crippen LogP contribution in [0, 0.1) is 5.92 Å². The number of rotatable bonds is 9. The summed E-state index contributed by atoms with van der Waals surface area (Å²) in [6.45, 7) is 4.58. The molecule has 10 heteroatoms. The number of nitrogens with one attached hydrogen (secondary N) is 1. The Kier molecular flexibility index (Phi) is 6.78. The molecule has 0 unspecified atom stereocenters. The van der Waals surface area contributed by atoms with Gasteiger partial charge in [-0.3, -0.25) is 4.79 Å². The van der Waals surface area contributed by atoms with Gasteiger partial charge in [-0.2, -0.15) is 8.42 Å². The highest BCUT2D eigenvalue weighted by Crippen LogP contribution is 2.32. The van der Waals surface area contributed by atoms with Gasteiger partial charge in [0.05, 0.1) is 17.4 Å². The number of nitrogens with zero attached hydrogens (tertiary/aromatic N) is 4. The Balaban J connectivity index is 1.64. The Labute approximate surface area is 199 Å². The molecule has 1 fully saturated rings. The molecule has 0 spiro atoms. The van der Waals surface area contributed by atoms with E-state index in [1.165, 1.54) is 12.3 Å². The van der Waals surface area contributed by atoms with Gasteiger partial charge in [-0.25, -0.2) is 19.7 Å².